The molecule has 32 heavy (non-hydrogen) atoms. The van der Waals surface area contributed by atoms with E-state index in [9.17, 15) is 4.79 Å². The molecule has 6 heteroatoms. The Hall–Kier alpha value is -2.60. The van der Waals surface area contributed by atoms with E-state index in [0.29, 0.717) is 0 Å². The number of ether oxygens (including phenoxy) is 1. The number of anilines is 1. The molecule has 4 rings (SSSR count). The van der Waals surface area contributed by atoms with E-state index in [1.54, 1.807) is 7.11 Å². The first-order valence-electron chi connectivity index (χ1n) is 12.0. The second kappa shape index (κ2) is 11.3. The fourth-order valence-corrected chi connectivity index (χ4v) is 4.99. The fraction of sp³-hybridized carbons (Fsp3) is 0.538. The SMILES string of the molecule is COc1ccccc1N1CCN(C[C@@H](Cc2ccccn2)NC(=O)C2CCCCC2)CC1. The molecule has 1 atom stereocenters. The number of methoxy groups -OCH3 is 1. The summed E-state index contributed by atoms with van der Waals surface area (Å²) >= 11 is 0. The number of pyridine rings is 1. The summed E-state index contributed by atoms with van der Waals surface area (Å²) < 4.78 is 5.55. The Balaban J connectivity index is 1.36. The van der Waals surface area contributed by atoms with Gasteiger partial charge in [0.15, 0.2) is 0 Å². The van der Waals surface area contributed by atoms with Crippen LogP contribution in [-0.4, -0.2) is 61.7 Å². The van der Waals surface area contributed by atoms with Crippen molar-refractivity contribution >= 4 is 11.6 Å². The van der Waals surface area contributed by atoms with E-state index >= 15 is 0 Å². The molecule has 1 saturated carbocycles. The number of nitrogens with zero attached hydrogens (tertiary/aromatic N) is 3. The van der Waals surface area contributed by atoms with Gasteiger partial charge in [0.05, 0.1) is 12.8 Å². The number of carbonyl (C=O) groups excluding carboxylic acids is 1. The first kappa shape index (κ1) is 22.6. The van der Waals surface area contributed by atoms with Crippen LogP contribution in [0.25, 0.3) is 0 Å². The van der Waals surface area contributed by atoms with Crippen molar-refractivity contribution in [2.75, 3.05) is 44.7 Å². The van der Waals surface area contributed by atoms with Crippen molar-refractivity contribution in [2.24, 2.45) is 5.92 Å². The molecule has 6 nitrogen and oxygen atoms in total. The van der Waals surface area contributed by atoms with Crippen LogP contribution in [-0.2, 0) is 11.2 Å². The third-order valence-electron chi connectivity index (χ3n) is 6.78. The molecule has 2 fully saturated rings. The van der Waals surface area contributed by atoms with E-state index in [1.165, 1.54) is 19.3 Å². The number of benzene rings is 1. The summed E-state index contributed by atoms with van der Waals surface area (Å²) in [5.41, 5.74) is 2.19. The van der Waals surface area contributed by atoms with Crippen LogP contribution in [0.2, 0.25) is 0 Å². The molecule has 0 bridgehead atoms. The van der Waals surface area contributed by atoms with Crippen molar-refractivity contribution in [3.63, 3.8) is 0 Å². The highest BCUT2D eigenvalue weighted by molar-refractivity contribution is 5.79. The molecule has 1 aliphatic carbocycles. The third kappa shape index (κ3) is 6.00. The quantitative estimate of drug-likeness (QED) is 0.686. The van der Waals surface area contributed by atoms with Crippen LogP contribution >= 0.6 is 0 Å². The smallest absolute Gasteiger partial charge is 0.223 e. The molecule has 2 aromatic rings. The maximum Gasteiger partial charge on any atom is 0.223 e. The maximum atomic E-state index is 13.0. The number of amides is 1. The number of nitrogens with one attached hydrogen (secondary N) is 1. The topological polar surface area (TPSA) is 57.7 Å². The van der Waals surface area contributed by atoms with Gasteiger partial charge in [0.1, 0.15) is 5.75 Å². The Kier molecular flexibility index (Phi) is 7.99. The van der Waals surface area contributed by atoms with Crippen LogP contribution < -0.4 is 15.0 Å². The second-order valence-electron chi connectivity index (χ2n) is 9.03. The Bertz CT molecular complexity index is 846. The molecular formula is C26H36N4O2. The number of aromatic nitrogens is 1. The summed E-state index contributed by atoms with van der Waals surface area (Å²) in [6.07, 6.45) is 8.27. The highest BCUT2D eigenvalue weighted by atomic mass is 16.5. The average Bonchev–Trinajstić information content (AvgIpc) is 2.85. The van der Waals surface area contributed by atoms with Crippen LogP contribution in [0.4, 0.5) is 5.69 Å². The molecule has 2 heterocycles. The summed E-state index contributed by atoms with van der Waals surface area (Å²) in [5, 5.41) is 3.39. The van der Waals surface area contributed by atoms with E-state index in [-0.39, 0.29) is 17.9 Å². The Morgan fingerprint density at radius 1 is 1.06 bits per heavy atom. The fourth-order valence-electron chi connectivity index (χ4n) is 4.99. The highest BCUT2D eigenvalue weighted by Crippen LogP contribution is 2.28. The number of hydrogen-bond acceptors (Lipinski definition) is 5. The lowest BCUT2D eigenvalue weighted by atomic mass is 9.88. The molecule has 1 aliphatic heterocycles. The standard InChI is InChI=1S/C26H36N4O2/c1-32-25-13-6-5-12-24(25)30-17-15-29(16-18-30)20-23(19-22-11-7-8-14-27-22)28-26(31)21-9-3-2-4-10-21/h5-8,11-14,21,23H,2-4,9-10,15-20H2,1H3,(H,28,31)/t23-/m1/s1. The second-order valence-corrected chi connectivity index (χ2v) is 9.03. The van der Waals surface area contributed by atoms with Crippen molar-refractivity contribution in [3.8, 4) is 5.75 Å². The molecule has 1 aromatic carbocycles. The monoisotopic (exact) mass is 436 g/mol. The molecule has 172 valence electrons. The summed E-state index contributed by atoms with van der Waals surface area (Å²) in [5.74, 6) is 1.34. The van der Waals surface area contributed by atoms with Crippen LogP contribution in [0.3, 0.4) is 0 Å². The van der Waals surface area contributed by atoms with Gasteiger partial charge in [0.2, 0.25) is 5.91 Å². The number of para-hydroxylation sites is 2. The molecule has 2 aliphatic rings. The lowest BCUT2D eigenvalue weighted by Gasteiger charge is -2.38. The molecule has 1 amide bonds. The van der Waals surface area contributed by atoms with Crippen molar-refractivity contribution in [2.45, 2.75) is 44.6 Å². The number of piperazine rings is 1. The molecule has 0 spiro atoms. The zero-order chi connectivity index (χ0) is 22.2. The Morgan fingerprint density at radius 2 is 1.81 bits per heavy atom. The van der Waals surface area contributed by atoms with Gasteiger partial charge in [-0.3, -0.25) is 14.7 Å². The molecular weight excluding hydrogens is 400 g/mol. The van der Waals surface area contributed by atoms with Crippen molar-refractivity contribution in [3.05, 3.63) is 54.4 Å². The maximum absolute atomic E-state index is 13.0. The van der Waals surface area contributed by atoms with Crippen molar-refractivity contribution < 1.29 is 9.53 Å². The van der Waals surface area contributed by atoms with Gasteiger partial charge in [-0.1, -0.05) is 37.5 Å². The Morgan fingerprint density at radius 3 is 2.53 bits per heavy atom. The zero-order valence-electron chi connectivity index (χ0n) is 19.2. The highest BCUT2D eigenvalue weighted by Gasteiger charge is 2.26. The first-order chi connectivity index (χ1) is 15.7. The first-order valence-corrected chi connectivity index (χ1v) is 12.0. The summed E-state index contributed by atoms with van der Waals surface area (Å²) in [4.78, 5) is 22.4. The van der Waals surface area contributed by atoms with Gasteiger partial charge in [-0.15, -0.1) is 0 Å². The van der Waals surface area contributed by atoms with Gasteiger partial charge < -0.3 is 15.0 Å². The lowest BCUT2D eigenvalue weighted by Crippen LogP contribution is -2.53. The summed E-state index contributed by atoms with van der Waals surface area (Å²) in [6, 6.07) is 14.3. The van der Waals surface area contributed by atoms with E-state index in [0.717, 1.165) is 69.1 Å². The molecule has 1 aromatic heterocycles. The van der Waals surface area contributed by atoms with Crippen molar-refractivity contribution in [1.29, 1.82) is 0 Å². The lowest BCUT2D eigenvalue weighted by molar-refractivity contribution is -0.126. The summed E-state index contributed by atoms with van der Waals surface area (Å²) in [7, 11) is 1.73. The number of hydrogen-bond donors (Lipinski definition) is 1. The van der Waals surface area contributed by atoms with Gasteiger partial charge >= 0.3 is 0 Å². The Labute approximate surface area is 192 Å². The minimum absolute atomic E-state index is 0.0807. The minimum Gasteiger partial charge on any atom is -0.495 e. The molecule has 1 N–H and O–H groups in total. The van der Waals surface area contributed by atoms with E-state index < -0.39 is 0 Å². The minimum atomic E-state index is 0.0807. The van der Waals surface area contributed by atoms with Crippen LogP contribution in [0.15, 0.2) is 48.7 Å². The van der Waals surface area contributed by atoms with Gasteiger partial charge in [-0.05, 0) is 37.1 Å². The van der Waals surface area contributed by atoms with E-state index in [4.69, 9.17) is 4.74 Å². The normalized spacial score (nSPS) is 18.8. The molecule has 0 radical (unpaired) electrons. The number of rotatable bonds is 8. The molecule has 1 saturated heterocycles. The summed E-state index contributed by atoms with van der Waals surface area (Å²) in [6.45, 7) is 4.70. The van der Waals surface area contributed by atoms with Crippen LogP contribution in [0.1, 0.15) is 37.8 Å². The van der Waals surface area contributed by atoms with Gasteiger partial charge in [0.25, 0.3) is 0 Å². The van der Waals surface area contributed by atoms with Gasteiger partial charge in [-0.25, -0.2) is 0 Å². The predicted molar refractivity (Wildman–Crippen MR) is 128 cm³/mol. The van der Waals surface area contributed by atoms with Crippen LogP contribution in [0.5, 0.6) is 5.75 Å². The van der Waals surface area contributed by atoms with Crippen LogP contribution in [0, 0.1) is 5.92 Å². The van der Waals surface area contributed by atoms with E-state index in [1.807, 2.05) is 30.5 Å². The third-order valence-corrected chi connectivity index (χ3v) is 6.78. The van der Waals surface area contributed by atoms with Gasteiger partial charge in [-0.2, -0.15) is 0 Å². The zero-order valence-corrected chi connectivity index (χ0v) is 19.2. The predicted octanol–water partition coefficient (Wildman–Crippen LogP) is 3.52. The van der Waals surface area contributed by atoms with E-state index in [2.05, 4.69) is 38.3 Å². The number of carbonyl (C=O) groups is 1. The van der Waals surface area contributed by atoms with Crippen molar-refractivity contribution in [1.82, 2.24) is 15.2 Å². The van der Waals surface area contributed by atoms with Gasteiger partial charge in [0, 0.05) is 63.0 Å². The average molecular weight is 437 g/mol. The molecule has 0 unspecified atom stereocenters. The largest absolute Gasteiger partial charge is 0.495 e.